The predicted molar refractivity (Wildman–Crippen MR) is 90.3 cm³/mol. The van der Waals surface area contributed by atoms with Crippen molar-refractivity contribution in [3.63, 3.8) is 0 Å². The van der Waals surface area contributed by atoms with Gasteiger partial charge >= 0.3 is 6.03 Å². The van der Waals surface area contributed by atoms with Gasteiger partial charge in [0, 0.05) is 43.0 Å². The molecule has 2 rings (SSSR count). The number of carbonyl (C=O) groups excluding carboxylic acids is 1. The molecule has 5 heteroatoms. The Bertz CT molecular complexity index is 546. The minimum atomic E-state index is -0.0440. The second-order valence-electron chi connectivity index (χ2n) is 6.62. The number of anilines is 1. The smallest absolute Gasteiger partial charge is 0.323 e. The van der Waals surface area contributed by atoms with Gasteiger partial charge < -0.3 is 5.32 Å². The maximum Gasteiger partial charge on any atom is 0.323 e. The maximum atomic E-state index is 12.3. The Morgan fingerprint density at radius 1 is 1.27 bits per heavy atom. The van der Waals surface area contributed by atoms with Crippen molar-refractivity contribution in [1.82, 2.24) is 15.2 Å². The standard InChI is InChI=1S/C17H28N4O/c1-11(2)20(12(3)4)7-8-21-16-15(10-18-17(21)22)13(5)9-14(6)19-16/h9,11-12H,7-8,10H2,1-6H3,(H,18,22). The lowest BCUT2D eigenvalue weighted by Crippen LogP contribution is -2.50. The Morgan fingerprint density at radius 2 is 1.91 bits per heavy atom. The van der Waals surface area contributed by atoms with Crippen LogP contribution < -0.4 is 10.2 Å². The van der Waals surface area contributed by atoms with Crippen LogP contribution in [0.5, 0.6) is 0 Å². The van der Waals surface area contributed by atoms with Crippen LogP contribution >= 0.6 is 0 Å². The fraction of sp³-hybridized carbons (Fsp3) is 0.647. The Morgan fingerprint density at radius 3 is 2.50 bits per heavy atom. The van der Waals surface area contributed by atoms with E-state index in [9.17, 15) is 4.79 Å². The number of fused-ring (bicyclic) bond motifs is 1. The van der Waals surface area contributed by atoms with Crippen molar-refractivity contribution in [1.29, 1.82) is 0 Å². The third kappa shape index (κ3) is 3.40. The highest BCUT2D eigenvalue weighted by Gasteiger charge is 2.27. The number of rotatable bonds is 5. The van der Waals surface area contributed by atoms with E-state index in [4.69, 9.17) is 0 Å². The van der Waals surface area contributed by atoms with Crippen LogP contribution in [-0.2, 0) is 6.54 Å². The van der Waals surface area contributed by atoms with Crippen LogP contribution in [-0.4, -0.2) is 41.1 Å². The first kappa shape index (κ1) is 16.7. The van der Waals surface area contributed by atoms with Gasteiger partial charge in [0.1, 0.15) is 5.82 Å². The molecular formula is C17H28N4O. The van der Waals surface area contributed by atoms with Crippen LogP contribution in [0.2, 0.25) is 0 Å². The van der Waals surface area contributed by atoms with Gasteiger partial charge in [-0.1, -0.05) is 0 Å². The first-order valence-electron chi connectivity index (χ1n) is 8.09. The lowest BCUT2D eigenvalue weighted by atomic mass is 10.1. The van der Waals surface area contributed by atoms with Crippen LogP contribution in [0.3, 0.4) is 0 Å². The average molecular weight is 304 g/mol. The molecule has 2 heterocycles. The first-order chi connectivity index (χ1) is 10.3. The zero-order valence-electron chi connectivity index (χ0n) is 14.6. The molecule has 0 aromatic carbocycles. The molecule has 0 saturated carbocycles. The fourth-order valence-electron chi connectivity index (χ4n) is 3.18. The van der Waals surface area contributed by atoms with Crippen LogP contribution in [0.15, 0.2) is 6.07 Å². The van der Waals surface area contributed by atoms with E-state index in [0.717, 1.165) is 23.6 Å². The maximum absolute atomic E-state index is 12.3. The molecule has 0 aliphatic carbocycles. The monoisotopic (exact) mass is 304 g/mol. The van der Waals surface area contributed by atoms with Crippen LogP contribution in [0.4, 0.5) is 10.6 Å². The van der Waals surface area contributed by atoms with Crippen molar-refractivity contribution >= 4 is 11.8 Å². The minimum absolute atomic E-state index is 0.0440. The minimum Gasteiger partial charge on any atom is -0.333 e. The number of carbonyl (C=O) groups is 1. The van der Waals surface area contributed by atoms with Gasteiger partial charge in [0.15, 0.2) is 0 Å². The van der Waals surface area contributed by atoms with Crippen molar-refractivity contribution < 1.29 is 4.79 Å². The number of hydrogen-bond acceptors (Lipinski definition) is 3. The fourth-order valence-corrected chi connectivity index (χ4v) is 3.18. The molecule has 2 amide bonds. The van der Waals surface area contributed by atoms with Gasteiger partial charge in [-0.2, -0.15) is 0 Å². The van der Waals surface area contributed by atoms with Gasteiger partial charge in [0.25, 0.3) is 0 Å². The summed E-state index contributed by atoms with van der Waals surface area (Å²) in [5, 5.41) is 2.96. The van der Waals surface area contributed by atoms with Gasteiger partial charge in [-0.3, -0.25) is 9.80 Å². The summed E-state index contributed by atoms with van der Waals surface area (Å²) in [5.74, 6) is 0.828. The van der Waals surface area contributed by atoms with Crippen molar-refractivity contribution in [2.24, 2.45) is 0 Å². The Kier molecular flexibility index (Phi) is 5.06. The number of nitrogens with zero attached hydrogens (tertiary/aromatic N) is 3. The van der Waals surface area contributed by atoms with E-state index in [0.29, 0.717) is 25.2 Å². The van der Waals surface area contributed by atoms with E-state index in [1.807, 2.05) is 6.92 Å². The van der Waals surface area contributed by atoms with Crippen molar-refractivity contribution in [2.75, 3.05) is 18.0 Å². The number of aromatic nitrogens is 1. The van der Waals surface area contributed by atoms with Gasteiger partial charge in [-0.25, -0.2) is 9.78 Å². The summed E-state index contributed by atoms with van der Waals surface area (Å²) in [6, 6.07) is 2.94. The summed E-state index contributed by atoms with van der Waals surface area (Å²) < 4.78 is 0. The molecular weight excluding hydrogens is 276 g/mol. The van der Waals surface area contributed by atoms with E-state index in [2.05, 4.69) is 55.9 Å². The van der Waals surface area contributed by atoms with Gasteiger partial charge in [0.05, 0.1) is 0 Å². The van der Waals surface area contributed by atoms with E-state index in [1.165, 1.54) is 5.56 Å². The quantitative estimate of drug-likeness (QED) is 0.910. The summed E-state index contributed by atoms with van der Waals surface area (Å²) in [7, 11) is 0. The number of urea groups is 1. The Hall–Kier alpha value is -1.62. The summed E-state index contributed by atoms with van der Waals surface area (Å²) in [5.41, 5.74) is 3.28. The summed E-state index contributed by atoms with van der Waals surface area (Å²) >= 11 is 0. The molecule has 0 fully saturated rings. The zero-order chi connectivity index (χ0) is 16.4. The van der Waals surface area contributed by atoms with Crippen molar-refractivity contribution in [3.8, 4) is 0 Å². The van der Waals surface area contributed by atoms with Crippen LogP contribution in [0, 0.1) is 13.8 Å². The molecule has 0 unspecified atom stereocenters. The number of nitrogens with one attached hydrogen (secondary N) is 1. The molecule has 1 aliphatic rings. The Balaban J connectivity index is 2.23. The molecule has 1 N–H and O–H groups in total. The lowest BCUT2D eigenvalue weighted by molar-refractivity contribution is 0.178. The zero-order valence-corrected chi connectivity index (χ0v) is 14.6. The number of pyridine rings is 1. The van der Waals surface area contributed by atoms with E-state index >= 15 is 0 Å². The molecule has 0 saturated heterocycles. The first-order valence-corrected chi connectivity index (χ1v) is 8.09. The molecule has 1 aromatic rings. The van der Waals surface area contributed by atoms with Crippen molar-refractivity contribution in [2.45, 2.75) is 60.2 Å². The molecule has 5 nitrogen and oxygen atoms in total. The lowest BCUT2D eigenvalue weighted by Gasteiger charge is -2.35. The third-order valence-electron chi connectivity index (χ3n) is 4.28. The Labute approximate surface area is 133 Å². The largest absolute Gasteiger partial charge is 0.333 e. The normalized spacial score (nSPS) is 14.8. The topological polar surface area (TPSA) is 48.5 Å². The van der Waals surface area contributed by atoms with E-state index in [-0.39, 0.29) is 6.03 Å². The van der Waals surface area contributed by atoms with Crippen LogP contribution in [0.1, 0.15) is 44.5 Å². The molecule has 1 aliphatic heterocycles. The van der Waals surface area contributed by atoms with E-state index < -0.39 is 0 Å². The van der Waals surface area contributed by atoms with E-state index in [1.54, 1.807) is 4.90 Å². The molecule has 0 bridgehead atoms. The highest BCUT2D eigenvalue weighted by atomic mass is 16.2. The molecule has 0 spiro atoms. The summed E-state index contributed by atoms with van der Waals surface area (Å²) in [6.45, 7) is 14.9. The second kappa shape index (κ2) is 6.65. The van der Waals surface area contributed by atoms with Crippen molar-refractivity contribution in [3.05, 3.63) is 22.9 Å². The van der Waals surface area contributed by atoms with Gasteiger partial charge in [0.2, 0.25) is 0 Å². The third-order valence-corrected chi connectivity index (χ3v) is 4.28. The average Bonchev–Trinajstić information content (AvgIpc) is 2.40. The molecule has 0 atom stereocenters. The van der Waals surface area contributed by atoms with Gasteiger partial charge in [-0.15, -0.1) is 0 Å². The summed E-state index contributed by atoms with van der Waals surface area (Å²) in [4.78, 5) is 21.1. The molecule has 122 valence electrons. The molecule has 1 aromatic heterocycles. The predicted octanol–water partition coefficient (Wildman–Crippen LogP) is 2.85. The number of hydrogen-bond donors (Lipinski definition) is 1. The van der Waals surface area contributed by atoms with Gasteiger partial charge in [-0.05, 0) is 53.2 Å². The van der Waals surface area contributed by atoms with Crippen LogP contribution in [0.25, 0.3) is 0 Å². The highest BCUT2D eigenvalue weighted by molar-refractivity contribution is 5.93. The second-order valence-corrected chi connectivity index (χ2v) is 6.62. The summed E-state index contributed by atoms with van der Waals surface area (Å²) in [6.07, 6.45) is 0. The molecule has 0 radical (unpaired) electrons. The number of aryl methyl sites for hydroxylation is 2. The molecule has 22 heavy (non-hydrogen) atoms. The SMILES string of the molecule is Cc1cc(C)c2c(n1)N(CCN(C(C)C)C(C)C)C(=O)NC2. The highest BCUT2D eigenvalue weighted by Crippen LogP contribution is 2.26. The number of amides is 2.